The Hall–Kier alpha value is -2.67. The van der Waals surface area contributed by atoms with Crippen LogP contribution in [0.2, 0.25) is 0 Å². The van der Waals surface area contributed by atoms with E-state index in [0.717, 1.165) is 0 Å². The van der Waals surface area contributed by atoms with Gasteiger partial charge in [-0.3, -0.25) is 4.79 Å². The van der Waals surface area contributed by atoms with Crippen LogP contribution in [0.1, 0.15) is 28.8 Å². The van der Waals surface area contributed by atoms with E-state index in [1.54, 1.807) is 48.8 Å². The van der Waals surface area contributed by atoms with Gasteiger partial charge in [-0.15, -0.1) is 0 Å². The Kier molecular flexibility index (Phi) is 6.24. The summed E-state index contributed by atoms with van der Waals surface area (Å²) in [6.07, 6.45) is 3.17. The van der Waals surface area contributed by atoms with E-state index in [-0.39, 0.29) is 5.91 Å². The molecule has 3 rings (SSSR count). The van der Waals surface area contributed by atoms with Crippen LogP contribution < -0.4 is 9.47 Å². The van der Waals surface area contributed by atoms with Crippen LogP contribution in [0.5, 0.6) is 11.5 Å². The van der Waals surface area contributed by atoms with Gasteiger partial charge >= 0.3 is 0 Å². The largest absolute Gasteiger partial charge is 0.493 e. The molecule has 0 atom stereocenters. The van der Waals surface area contributed by atoms with Gasteiger partial charge in [0.15, 0.2) is 11.5 Å². The highest BCUT2D eigenvalue weighted by atomic mass is 79.9. The molecule has 0 fully saturated rings. The molecule has 142 valence electrons. The lowest BCUT2D eigenvalue weighted by atomic mass is 10.1. The Labute approximate surface area is 165 Å². The molecule has 1 aromatic carbocycles. The Bertz CT molecular complexity index is 838. The topological polar surface area (TPSA) is 65.0 Å². The van der Waals surface area contributed by atoms with Crippen molar-refractivity contribution in [2.75, 3.05) is 13.7 Å². The number of benzene rings is 1. The molecule has 0 radical (unpaired) electrons. The summed E-state index contributed by atoms with van der Waals surface area (Å²) in [7, 11) is 1.54. The minimum absolute atomic E-state index is 0.176. The van der Waals surface area contributed by atoms with E-state index in [2.05, 4.69) is 15.9 Å². The standard InChI is InChI=1S/C20H20BrNO5/c1-3-25-19-17(21)10-14(11-18(19)24-2)20(23)22(12-15-6-4-8-26-15)13-16-7-5-9-27-16/h4-11H,3,12-13H2,1-2H3. The summed E-state index contributed by atoms with van der Waals surface area (Å²) in [4.78, 5) is 14.9. The van der Waals surface area contributed by atoms with Crippen LogP contribution in [0.25, 0.3) is 0 Å². The maximum Gasteiger partial charge on any atom is 0.254 e. The van der Waals surface area contributed by atoms with Crippen molar-refractivity contribution in [3.05, 3.63) is 70.5 Å². The number of amides is 1. The number of ether oxygens (including phenoxy) is 2. The summed E-state index contributed by atoms with van der Waals surface area (Å²) in [5, 5.41) is 0. The SMILES string of the molecule is CCOc1c(Br)cc(C(=O)N(Cc2ccco2)Cc2ccco2)cc1OC. The van der Waals surface area contributed by atoms with E-state index in [1.165, 1.54) is 0 Å². The quantitative estimate of drug-likeness (QED) is 0.506. The van der Waals surface area contributed by atoms with Gasteiger partial charge in [0, 0.05) is 5.56 Å². The molecular weight excluding hydrogens is 414 g/mol. The summed E-state index contributed by atoms with van der Waals surface area (Å²) < 4.78 is 22.5. The number of rotatable bonds is 8. The number of nitrogens with zero attached hydrogens (tertiary/aromatic N) is 1. The van der Waals surface area contributed by atoms with Crippen LogP contribution in [-0.2, 0) is 13.1 Å². The van der Waals surface area contributed by atoms with Crippen molar-refractivity contribution < 1.29 is 23.1 Å². The molecule has 0 saturated carbocycles. The number of halogens is 1. The Balaban J connectivity index is 1.91. The summed E-state index contributed by atoms with van der Waals surface area (Å²) >= 11 is 3.47. The second-order valence-electron chi connectivity index (χ2n) is 5.74. The molecule has 2 aromatic heterocycles. The highest BCUT2D eigenvalue weighted by Crippen LogP contribution is 2.37. The lowest BCUT2D eigenvalue weighted by molar-refractivity contribution is 0.0704. The van der Waals surface area contributed by atoms with E-state index in [1.807, 2.05) is 19.1 Å². The van der Waals surface area contributed by atoms with Gasteiger partial charge in [0.05, 0.1) is 43.8 Å². The number of hydrogen-bond acceptors (Lipinski definition) is 5. The fourth-order valence-electron chi connectivity index (χ4n) is 2.69. The Morgan fingerprint density at radius 1 is 1.11 bits per heavy atom. The van der Waals surface area contributed by atoms with Crippen LogP contribution in [0, 0.1) is 0 Å². The van der Waals surface area contributed by atoms with Crippen LogP contribution in [-0.4, -0.2) is 24.5 Å². The van der Waals surface area contributed by atoms with Gasteiger partial charge in [0.25, 0.3) is 5.91 Å². The van der Waals surface area contributed by atoms with Crippen molar-refractivity contribution in [2.24, 2.45) is 0 Å². The molecule has 0 unspecified atom stereocenters. The van der Waals surface area contributed by atoms with Gasteiger partial charge in [-0.05, 0) is 59.3 Å². The number of hydrogen-bond donors (Lipinski definition) is 0. The van der Waals surface area contributed by atoms with E-state index in [4.69, 9.17) is 18.3 Å². The minimum Gasteiger partial charge on any atom is -0.493 e. The second-order valence-corrected chi connectivity index (χ2v) is 6.60. The first kappa shape index (κ1) is 19.1. The zero-order valence-corrected chi connectivity index (χ0v) is 16.7. The van der Waals surface area contributed by atoms with Gasteiger partial charge in [0.1, 0.15) is 11.5 Å². The van der Waals surface area contributed by atoms with Gasteiger partial charge < -0.3 is 23.2 Å². The monoisotopic (exact) mass is 433 g/mol. The normalized spacial score (nSPS) is 10.6. The van der Waals surface area contributed by atoms with E-state index < -0.39 is 0 Å². The third-order valence-electron chi connectivity index (χ3n) is 3.91. The van der Waals surface area contributed by atoms with Crippen LogP contribution >= 0.6 is 15.9 Å². The molecule has 2 heterocycles. The van der Waals surface area contributed by atoms with Crippen molar-refractivity contribution in [1.29, 1.82) is 0 Å². The maximum absolute atomic E-state index is 13.2. The summed E-state index contributed by atoms with van der Waals surface area (Å²) in [6.45, 7) is 3.02. The molecule has 0 N–H and O–H groups in total. The Morgan fingerprint density at radius 2 is 1.74 bits per heavy atom. The van der Waals surface area contributed by atoms with E-state index in [9.17, 15) is 4.79 Å². The molecule has 0 bridgehead atoms. The van der Waals surface area contributed by atoms with Gasteiger partial charge in [-0.1, -0.05) is 0 Å². The van der Waals surface area contributed by atoms with Crippen molar-refractivity contribution in [2.45, 2.75) is 20.0 Å². The number of furan rings is 2. The summed E-state index contributed by atoms with van der Waals surface area (Å²) in [6, 6.07) is 10.7. The lowest BCUT2D eigenvalue weighted by Gasteiger charge is -2.22. The first-order chi connectivity index (χ1) is 13.1. The average Bonchev–Trinajstić information content (AvgIpc) is 3.36. The second kappa shape index (κ2) is 8.81. The highest BCUT2D eigenvalue weighted by molar-refractivity contribution is 9.10. The van der Waals surface area contributed by atoms with Gasteiger partial charge in [-0.2, -0.15) is 0 Å². The van der Waals surface area contributed by atoms with Crippen LogP contribution in [0.15, 0.2) is 62.2 Å². The van der Waals surface area contributed by atoms with E-state index >= 15 is 0 Å². The lowest BCUT2D eigenvalue weighted by Crippen LogP contribution is -2.30. The molecule has 0 aliphatic rings. The van der Waals surface area contributed by atoms with Crippen LogP contribution in [0.3, 0.4) is 0 Å². The highest BCUT2D eigenvalue weighted by Gasteiger charge is 2.22. The van der Waals surface area contributed by atoms with Gasteiger partial charge in [0.2, 0.25) is 0 Å². The number of carbonyl (C=O) groups is 1. The smallest absolute Gasteiger partial charge is 0.254 e. The zero-order chi connectivity index (χ0) is 19.2. The average molecular weight is 434 g/mol. The van der Waals surface area contributed by atoms with Crippen molar-refractivity contribution in [1.82, 2.24) is 4.90 Å². The third-order valence-corrected chi connectivity index (χ3v) is 4.49. The van der Waals surface area contributed by atoms with E-state index in [0.29, 0.717) is 52.8 Å². The maximum atomic E-state index is 13.2. The zero-order valence-electron chi connectivity index (χ0n) is 15.1. The molecule has 1 amide bonds. The number of carbonyl (C=O) groups excluding carboxylic acids is 1. The molecule has 0 saturated heterocycles. The first-order valence-electron chi connectivity index (χ1n) is 8.46. The van der Waals surface area contributed by atoms with Crippen LogP contribution in [0.4, 0.5) is 0 Å². The summed E-state index contributed by atoms with van der Waals surface area (Å²) in [5.41, 5.74) is 0.472. The third kappa shape index (κ3) is 4.54. The molecule has 3 aromatic rings. The molecule has 0 aliphatic heterocycles. The molecule has 0 spiro atoms. The summed E-state index contributed by atoms with van der Waals surface area (Å²) in [5.74, 6) is 2.26. The molecular formula is C20H20BrNO5. The van der Waals surface area contributed by atoms with Crippen molar-refractivity contribution in [3.8, 4) is 11.5 Å². The predicted molar refractivity (Wildman–Crippen MR) is 103 cm³/mol. The Morgan fingerprint density at radius 3 is 2.22 bits per heavy atom. The predicted octanol–water partition coefficient (Wildman–Crippen LogP) is 4.89. The molecule has 27 heavy (non-hydrogen) atoms. The fraction of sp³-hybridized carbons (Fsp3) is 0.250. The fourth-order valence-corrected chi connectivity index (χ4v) is 3.25. The first-order valence-corrected chi connectivity index (χ1v) is 9.26. The molecule has 7 heteroatoms. The van der Waals surface area contributed by atoms with Crippen molar-refractivity contribution >= 4 is 21.8 Å². The van der Waals surface area contributed by atoms with Gasteiger partial charge in [-0.25, -0.2) is 0 Å². The molecule has 0 aliphatic carbocycles. The van der Waals surface area contributed by atoms with Crippen molar-refractivity contribution in [3.63, 3.8) is 0 Å². The molecule has 6 nitrogen and oxygen atoms in total. The minimum atomic E-state index is -0.176. The number of methoxy groups -OCH3 is 1.